The van der Waals surface area contributed by atoms with Crippen LogP contribution in [0.2, 0.25) is 0 Å². The number of rotatable bonds is 4. The van der Waals surface area contributed by atoms with Gasteiger partial charge in [0.2, 0.25) is 0 Å². The lowest BCUT2D eigenvalue weighted by Gasteiger charge is -2.08. The normalized spacial score (nSPS) is 10.7. The molecule has 0 aliphatic carbocycles. The second kappa shape index (κ2) is 4.99. The largest absolute Gasteiger partial charge is 0.486 e. The molecule has 0 saturated carbocycles. The number of benzene rings is 1. The van der Waals surface area contributed by atoms with Crippen molar-refractivity contribution in [1.82, 2.24) is 9.38 Å². The fraction of sp³-hybridized carbons (Fsp3) is 0.0769. The number of nitrogens with two attached hydrogens (primary N) is 1. The molecule has 2 heterocycles. The molecule has 2 aromatic heterocycles. The molecule has 0 amide bonds. The minimum Gasteiger partial charge on any atom is -0.486 e. The van der Waals surface area contributed by atoms with Crippen molar-refractivity contribution in [1.29, 1.82) is 0 Å². The fourth-order valence-electron chi connectivity index (χ4n) is 1.79. The lowest BCUT2D eigenvalue weighted by molar-refractivity contribution is 0.301. The summed E-state index contributed by atoms with van der Waals surface area (Å²) in [6.07, 6.45) is 3.93. The molecule has 0 radical (unpaired) electrons. The standard InChI is InChI=1S/C13H11N3OS2/c14-12(18)10-3-1-2-4-11(10)17-8-9-7-16-5-6-19-13(16)15-9/h1-7H,8H2,(H2,14,18). The highest BCUT2D eigenvalue weighted by Gasteiger charge is 2.07. The molecule has 6 heteroatoms. The first-order chi connectivity index (χ1) is 9.24. The Hall–Kier alpha value is -1.92. The van der Waals surface area contributed by atoms with Crippen molar-refractivity contribution in [2.45, 2.75) is 6.61 Å². The number of imidazole rings is 1. The zero-order valence-electron chi connectivity index (χ0n) is 9.95. The van der Waals surface area contributed by atoms with E-state index in [4.69, 9.17) is 22.7 Å². The summed E-state index contributed by atoms with van der Waals surface area (Å²) in [6.45, 7) is 0.397. The Bertz CT molecular complexity index is 704. The average Bonchev–Trinajstić information content (AvgIpc) is 2.97. The van der Waals surface area contributed by atoms with E-state index in [1.165, 1.54) is 0 Å². The number of ether oxygens (including phenoxy) is 1. The molecule has 2 N–H and O–H groups in total. The van der Waals surface area contributed by atoms with Crippen LogP contribution in [0.5, 0.6) is 5.75 Å². The van der Waals surface area contributed by atoms with E-state index in [1.54, 1.807) is 11.3 Å². The van der Waals surface area contributed by atoms with Gasteiger partial charge in [0, 0.05) is 17.8 Å². The lowest BCUT2D eigenvalue weighted by atomic mass is 10.2. The first-order valence-corrected chi connectivity index (χ1v) is 6.95. The molecule has 3 aromatic rings. The summed E-state index contributed by atoms with van der Waals surface area (Å²) in [7, 11) is 0. The van der Waals surface area contributed by atoms with Gasteiger partial charge in [0.15, 0.2) is 4.96 Å². The van der Waals surface area contributed by atoms with Gasteiger partial charge in [-0.1, -0.05) is 24.4 Å². The predicted octanol–water partition coefficient (Wildman–Crippen LogP) is 2.61. The van der Waals surface area contributed by atoms with Crippen LogP contribution in [0.25, 0.3) is 4.96 Å². The average molecular weight is 289 g/mol. The molecule has 0 bridgehead atoms. The van der Waals surface area contributed by atoms with E-state index in [1.807, 2.05) is 46.4 Å². The maximum Gasteiger partial charge on any atom is 0.193 e. The summed E-state index contributed by atoms with van der Waals surface area (Å²) in [4.78, 5) is 5.75. The molecule has 96 valence electrons. The molecular weight excluding hydrogens is 278 g/mol. The lowest BCUT2D eigenvalue weighted by Crippen LogP contribution is -2.11. The Morgan fingerprint density at radius 2 is 2.26 bits per heavy atom. The topological polar surface area (TPSA) is 52.5 Å². The van der Waals surface area contributed by atoms with Crippen LogP contribution in [0.4, 0.5) is 0 Å². The molecule has 0 aliphatic heterocycles. The number of hydrogen-bond donors (Lipinski definition) is 1. The van der Waals surface area contributed by atoms with Crippen LogP contribution in [0.1, 0.15) is 11.3 Å². The van der Waals surface area contributed by atoms with Gasteiger partial charge in [0.1, 0.15) is 17.3 Å². The van der Waals surface area contributed by atoms with Gasteiger partial charge in [-0.25, -0.2) is 4.98 Å². The van der Waals surface area contributed by atoms with Gasteiger partial charge in [0.25, 0.3) is 0 Å². The van der Waals surface area contributed by atoms with E-state index in [0.29, 0.717) is 17.3 Å². The number of thiazole rings is 1. The van der Waals surface area contributed by atoms with Gasteiger partial charge in [-0.05, 0) is 12.1 Å². The molecule has 1 aromatic carbocycles. The predicted molar refractivity (Wildman–Crippen MR) is 79.7 cm³/mol. The fourth-order valence-corrected chi connectivity index (χ4v) is 2.68. The minimum atomic E-state index is 0.335. The van der Waals surface area contributed by atoms with Crippen molar-refractivity contribution >= 4 is 33.5 Å². The van der Waals surface area contributed by atoms with Crippen molar-refractivity contribution in [2.24, 2.45) is 5.73 Å². The quantitative estimate of drug-likeness (QED) is 0.750. The van der Waals surface area contributed by atoms with Crippen molar-refractivity contribution < 1.29 is 4.74 Å². The Kier molecular flexibility index (Phi) is 3.18. The van der Waals surface area contributed by atoms with E-state index in [2.05, 4.69) is 4.98 Å². The maximum atomic E-state index is 5.74. The third-order valence-corrected chi connectivity index (χ3v) is 3.66. The highest BCUT2D eigenvalue weighted by molar-refractivity contribution is 7.80. The number of nitrogens with zero attached hydrogens (tertiary/aromatic N) is 2. The van der Waals surface area contributed by atoms with Crippen molar-refractivity contribution in [3.63, 3.8) is 0 Å². The van der Waals surface area contributed by atoms with Gasteiger partial charge < -0.3 is 10.5 Å². The van der Waals surface area contributed by atoms with Crippen LogP contribution in [0.3, 0.4) is 0 Å². The zero-order chi connectivity index (χ0) is 13.2. The molecule has 0 saturated heterocycles. The second-order valence-electron chi connectivity index (χ2n) is 3.97. The van der Waals surface area contributed by atoms with Crippen molar-refractivity contribution in [2.75, 3.05) is 0 Å². The van der Waals surface area contributed by atoms with Gasteiger partial charge in [-0.2, -0.15) is 0 Å². The molecule has 0 aliphatic rings. The van der Waals surface area contributed by atoms with E-state index < -0.39 is 0 Å². The van der Waals surface area contributed by atoms with Crippen molar-refractivity contribution in [3.05, 3.63) is 53.3 Å². The highest BCUT2D eigenvalue weighted by Crippen LogP contribution is 2.19. The maximum absolute atomic E-state index is 5.74. The molecule has 4 nitrogen and oxygen atoms in total. The minimum absolute atomic E-state index is 0.335. The van der Waals surface area contributed by atoms with Gasteiger partial charge in [0.05, 0.1) is 11.3 Å². The first kappa shape index (κ1) is 12.1. The van der Waals surface area contributed by atoms with Crippen LogP contribution >= 0.6 is 23.6 Å². The molecule has 0 spiro atoms. The summed E-state index contributed by atoms with van der Waals surface area (Å²) in [5, 5.41) is 2.00. The Morgan fingerprint density at radius 3 is 3.05 bits per heavy atom. The monoisotopic (exact) mass is 289 g/mol. The Morgan fingerprint density at radius 1 is 1.42 bits per heavy atom. The summed E-state index contributed by atoms with van der Waals surface area (Å²) in [5.74, 6) is 0.686. The van der Waals surface area contributed by atoms with E-state index in [0.717, 1.165) is 16.2 Å². The summed E-state index contributed by atoms with van der Waals surface area (Å²) in [5.41, 5.74) is 7.29. The number of fused-ring (bicyclic) bond motifs is 1. The van der Waals surface area contributed by atoms with Gasteiger partial charge in [-0.15, -0.1) is 11.3 Å². The Labute approximate surface area is 119 Å². The smallest absolute Gasteiger partial charge is 0.193 e. The SMILES string of the molecule is NC(=S)c1ccccc1OCc1cn2ccsc2n1. The van der Waals surface area contributed by atoms with Crippen LogP contribution in [0.15, 0.2) is 42.0 Å². The molecular formula is C13H11N3OS2. The number of aromatic nitrogens is 2. The Balaban J connectivity index is 1.79. The van der Waals surface area contributed by atoms with Crippen LogP contribution in [-0.2, 0) is 6.61 Å². The molecule has 0 unspecified atom stereocenters. The zero-order valence-corrected chi connectivity index (χ0v) is 11.6. The van der Waals surface area contributed by atoms with Crippen molar-refractivity contribution in [3.8, 4) is 5.75 Å². The summed E-state index contributed by atoms with van der Waals surface area (Å²) in [6, 6.07) is 7.48. The van der Waals surface area contributed by atoms with Gasteiger partial charge in [-0.3, -0.25) is 4.40 Å². The van der Waals surface area contributed by atoms with E-state index >= 15 is 0 Å². The van der Waals surface area contributed by atoms with Gasteiger partial charge >= 0.3 is 0 Å². The number of thiocarbonyl (C=S) groups is 1. The van der Waals surface area contributed by atoms with Crippen LogP contribution in [0, 0.1) is 0 Å². The first-order valence-electron chi connectivity index (χ1n) is 5.67. The van der Waals surface area contributed by atoms with Crippen LogP contribution in [-0.4, -0.2) is 14.4 Å². The third-order valence-electron chi connectivity index (χ3n) is 2.67. The van der Waals surface area contributed by atoms with Crippen LogP contribution < -0.4 is 10.5 Å². The third kappa shape index (κ3) is 2.45. The van der Waals surface area contributed by atoms with E-state index in [9.17, 15) is 0 Å². The molecule has 0 atom stereocenters. The molecule has 0 fully saturated rings. The number of para-hydroxylation sites is 1. The molecule has 19 heavy (non-hydrogen) atoms. The summed E-state index contributed by atoms with van der Waals surface area (Å²) < 4.78 is 7.72. The summed E-state index contributed by atoms with van der Waals surface area (Å²) >= 11 is 6.59. The number of hydrogen-bond acceptors (Lipinski definition) is 4. The highest BCUT2D eigenvalue weighted by atomic mass is 32.1. The van der Waals surface area contributed by atoms with E-state index in [-0.39, 0.29) is 0 Å². The second-order valence-corrected chi connectivity index (χ2v) is 5.29. The molecule has 3 rings (SSSR count).